The van der Waals surface area contributed by atoms with Gasteiger partial charge in [-0.15, -0.1) is 0 Å². The predicted molar refractivity (Wildman–Crippen MR) is 73.7 cm³/mol. The van der Waals surface area contributed by atoms with E-state index in [1.165, 1.54) is 12.8 Å². The van der Waals surface area contributed by atoms with E-state index in [1.54, 1.807) is 0 Å². The van der Waals surface area contributed by atoms with Crippen LogP contribution in [0.15, 0.2) is 18.3 Å². The van der Waals surface area contributed by atoms with Crippen LogP contribution in [-0.4, -0.2) is 34.9 Å². The van der Waals surface area contributed by atoms with Crippen molar-refractivity contribution in [2.24, 2.45) is 18.9 Å². The van der Waals surface area contributed by atoms with Crippen LogP contribution < -0.4 is 0 Å². The van der Waals surface area contributed by atoms with E-state index in [-0.39, 0.29) is 5.78 Å². The first-order chi connectivity index (χ1) is 8.58. The maximum absolute atomic E-state index is 12.1. The minimum absolute atomic E-state index is 0.241. The van der Waals surface area contributed by atoms with Crippen molar-refractivity contribution in [3.8, 4) is 0 Å². The minimum Gasteiger partial charge on any atom is -0.348 e. The van der Waals surface area contributed by atoms with Gasteiger partial charge in [-0.1, -0.05) is 13.8 Å². The molecule has 0 saturated carbocycles. The Labute approximate surface area is 110 Å². The summed E-state index contributed by atoms with van der Waals surface area (Å²) >= 11 is 0. The van der Waals surface area contributed by atoms with Crippen LogP contribution in [0, 0.1) is 11.8 Å². The first kappa shape index (κ1) is 13.3. The van der Waals surface area contributed by atoms with Crippen molar-refractivity contribution in [1.82, 2.24) is 9.47 Å². The lowest BCUT2D eigenvalue weighted by atomic mass is 9.86. The van der Waals surface area contributed by atoms with E-state index < -0.39 is 0 Å². The highest BCUT2D eigenvalue weighted by Gasteiger charge is 2.23. The molecule has 0 unspecified atom stereocenters. The molecule has 0 atom stereocenters. The van der Waals surface area contributed by atoms with E-state index in [0.717, 1.165) is 30.6 Å². The van der Waals surface area contributed by atoms with Crippen LogP contribution in [0.5, 0.6) is 0 Å². The second kappa shape index (κ2) is 5.70. The lowest BCUT2D eigenvalue weighted by molar-refractivity contribution is 0.0872. The number of Topliss-reactive ketones (excluding diaryl/α,β-unsaturated/α-hetero) is 1. The van der Waals surface area contributed by atoms with Crippen LogP contribution in [-0.2, 0) is 7.05 Å². The van der Waals surface area contributed by atoms with Gasteiger partial charge in [-0.3, -0.25) is 9.69 Å². The van der Waals surface area contributed by atoms with Gasteiger partial charge in [0, 0.05) is 13.2 Å². The number of hydrogen-bond donors (Lipinski definition) is 0. The van der Waals surface area contributed by atoms with Gasteiger partial charge in [0.05, 0.1) is 12.2 Å². The molecule has 0 N–H and O–H groups in total. The largest absolute Gasteiger partial charge is 0.348 e. The molecule has 0 aromatic carbocycles. The molecular formula is C15H24N2O. The third kappa shape index (κ3) is 3.02. The lowest BCUT2D eigenvalue weighted by Gasteiger charge is -2.33. The second-order valence-electron chi connectivity index (χ2n) is 5.79. The predicted octanol–water partition coefficient (Wildman–Crippen LogP) is 2.58. The topological polar surface area (TPSA) is 25.2 Å². The Bertz CT molecular complexity index is 400. The summed E-state index contributed by atoms with van der Waals surface area (Å²) < 4.78 is 1.91. The molecule has 1 saturated heterocycles. The second-order valence-corrected chi connectivity index (χ2v) is 5.79. The van der Waals surface area contributed by atoms with E-state index >= 15 is 0 Å². The molecule has 0 amide bonds. The fourth-order valence-corrected chi connectivity index (χ4v) is 2.81. The summed E-state index contributed by atoms with van der Waals surface area (Å²) in [4.78, 5) is 14.4. The summed E-state index contributed by atoms with van der Waals surface area (Å²) in [6.45, 7) is 7.31. The van der Waals surface area contributed by atoms with Crippen molar-refractivity contribution in [1.29, 1.82) is 0 Å². The molecule has 0 spiro atoms. The third-order valence-corrected chi connectivity index (χ3v) is 4.17. The van der Waals surface area contributed by atoms with E-state index in [2.05, 4.69) is 18.7 Å². The molecule has 0 radical (unpaired) electrons. The van der Waals surface area contributed by atoms with Crippen molar-refractivity contribution in [2.75, 3.05) is 19.6 Å². The number of likely N-dealkylation sites (tertiary alicyclic amines) is 1. The Kier molecular flexibility index (Phi) is 4.23. The van der Waals surface area contributed by atoms with Crippen molar-refractivity contribution in [3.63, 3.8) is 0 Å². The SMILES string of the molecule is CC(C)C1CCN(CC(=O)c2cccn2C)CC1. The quantitative estimate of drug-likeness (QED) is 0.765. The van der Waals surface area contributed by atoms with Crippen LogP contribution in [0.1, 0.15) is 37.2 Å². The zero-order chi connectivity index (χ0) is 13.1. The third-order valence-electron chi connectivity index (χ3n) is 4.17. The first-order valence-corrected chi connectivity index (χ1v) is 6.95. The van der Waals surface area contributed by atoms with Gasteiger partial charge in [0.1, 0.15) is 0 Å². The molecule has 0 bridgehead atoms. The lowest BCUT2D eigenvalue weighted by Crippen LogP contribution is -2.38. The molecule has 1 fully saturated rings. The monoisotopic (exact) mass is 248 g/mol. The van der Waals surface area contributed by atoms with Crippen molar-refractivity contribution in [3.05, 3.63) is 24.0 Å². The van der Waals surface area contributed by atoms with Gasteiger partial charge >= 0.3 is 0 Å². The zero-order valence-corrected chi connectivity index (χ0v) is 11.7. The molecule has 1 aliphatic rings. The summed E-state index contributed by atoms with van der Waals surface area (Å²) in [5.74, 6) is 1.85. The molecule has 2 heterocycles. The number of aryl methyl sites for hydroxylation is 1. The summed E-state index contributed by atoms with van der Waals surface area (Å²) in [5, 5.41) is 0. The van der Waals surface area contributed by atoms with Gasteiger partial charge in [-0.2, -0.15) is 0 Å². The number of piperidine rings is 1. The molecule has 18 heavy (non-hydrogen) atoms. The van der Waals surface area contributed by atoms with Gasteiger partial charge in [-0.05, 0) is 49.9 Å². The zero-order valence-electron chi connectivity index (χ0n) is 11.7. The molecule has 1 aromatic rings. The molecule has 100 valence electrons. The van der Waals surface area contributed by atoms with E-state index in [1.807, 2.05) is 29.9 Å². The van der Waals surface area contributed by atoms with Crippen molar-refractivity contribution < 1.29 is 4.79 Å². The number of carbonyl (C=O) groups is 1. The van der Waals surface area contributed by atoms with Gasteiger partial charge in [0.25, 0.3) is 0 Å². The fraction of sp³-hybridized carbons (Fsp3) is 0.667. The molecule has 1 aromatic heterocycles. The van der Waals surface area contributed by atoms with Gasteiger partial charge in [0.15, 0.2) is 5.78 Å². The number of ketones is 1. The first-order valence-electron chi connectivity index (χ1n) is 6.95. The normalized spacial score (nSPS) is 18.4. The van der Waals surface area contributed by atoms with Crippen LogP contribution in [0.3, 0.4) is 0 Å². The summed E-state index contributed by atoms with van der Waals surface area (Å²) in [7, 11) is 1.93. The number of aromatic nitrogens is 1. The average Bonchev–Trinajstić information content (AvgIpc) is 2.76. The smallest absolute Gasteiger partial charge is 0.193 e. The number of rotatable bonds is 4. The Morgan fingerprint density at radius 1 is 1.39 bits per heavy atom. The molecular weight excluding hydrogens is 224 g/mol. The van der Waals surface area contributed by atoms with E-state index in [4.69, 9.17) is 0 Å². The van der Waals surface area contributed by atoms with Crippen LogP contribution in [0.25, 0.3) is 0 Å². The molecule has 3 heteroatoms. The summed E-state index contributed by atoms with van der Waals surface area (Å²) in [5.41, 5.74) is 0.820. The maximum atomic E-state index is 12.1. The maximum Gasteiger partial charge on any atom is 0.193 e. The van der Waals surface area contributed by atoms with Gasteiger partial charge in [0.2, 0.25) is 0 Å². The standard InChI is InChI=1S/C15H24N2O/c1-12(2)13-6-9-17(10-7-13)11-15(18)14-5-4-8-16(14)3/h4-5,8,12-13H,6-7,9-11H2,1-3H3. The van der Waals surface area contributed by atoms with Crippen LogP contribution in [0.2, 0.25) is 0 Å². The molecule has 2 rings (SSSR count). The Balaban J connectivity index is 1.85. The number of hydrogen-bond acceptors (Lipinski definition) is 2. The Morgan fingerprint density at radius 2 is 2.06 bits per heavy atom. The highest BCUT2D eigenvalue weighted by molar-refractivity contribution is 5.96. The average molecular weight is 248 g/mol. The fourth-order valence-electron chi connectivity index (χ4n) is 2.81. The van der Waals surface area contributed by atoms with Crippen LogP contribution in [0.4, 0.5) is 0 Å². The highest BCUT2D eigenvalue weighted by atomic mass is 16.1. The molecule has 3 nitrogen and oxygen atoms in total. The number of nitrogens with zero attached hydrogens (tertiary/aromatic N) is 2. The highest BCUT2D eigenvalue weighted by Crippen LogP contribution is 2.24. The Hall–Kier alpha value is -1.09. The van der Waals surface area contributed by atoms with E-state index in [9.17, 15) is 4.79 Å². The van der Waals surface area contributed by atoms with Gasteiger partial charge < -0.3 is 4.57 Å². The Morgan fingerprint density at radius 3 is 2.56 bits per heavy atom. The number of carbonyl (C=O) groups excluding carboxylic acids is 1. The van der Waals surface area contributed by atoms with Crippen molar-refractivity contribution in [2.45, 2.75) is 26.7 Å². The van der Waals surface area contributed by atoms with E-state index in [0.29, 0.717) is 6.54 Å². The van der Waals surface area contributed by atoms with Crippen LogP contribution >= 0.6 is 0 Å². The van der Waals surface area contributed by atoms with Crippen molar-refractivity contribution >= 4 is 5.78 Å². The summed E-state index contributed by atoms with van der Waals surface area (Å²) in [6, 6.07) is 3.83. The van der Waals surface area contributed by atoms with Gasteiger partial charge in [-0.25, -0.2) is 0 Å². The molecule has 1 aliphatic heterocycles. The summed E-state index contributed by atoms with van der Waals surface area (Å²) in [6.07, 6.45) is 4.40. The molecule has 0 aliphatic carbocycles. The minimum atomic E-state index is 0.241.